The van der Waals surface area contributed by atoms with Crippen molar-refractivity contribution < 1.29 is 9.59 Å². The number of amides is 2. The number of hydrogen-bond acceptors (Lipinski definition) is 4. The quantitative estimate of drug-likeness (QED) is 0.545. The van der Waals surface area contributed by atoms with Crippen LogP contribution in [0.4, 0.5) is 0 Å². The van der Waals surface area contributed by atoms with Gasteiger partial charge in [-0.1, -0.05) is 18.2 Å². The minimum Gasteiger partial charge on any atom is -0.361 e. The molecule has 0 radical (unpaired) electrons. The van der Waals surface area contributed by atoms with E-state index >= 15 is 0 Å². The van der Waals surface area contributed by atoms with Crippen LogP contribution in [0.15, 0.2) is 48.8 Å². The van der Waals surface area contributed by atoms with Gasteiger partial charge < -0.3 is 4.98 Å². The lowest BCUT2D eigenvalue weighted by atomic mass is 9.98. The molecule has 1 aliphatic rings. The van der Waals surface area contributed by atoms with E-state index < -0.39 is 11.8 Å². The molecular weight excluding hydrogens is 330 g/mol. The van der Waals surface area contributed by atoms with E-state index in [0.717, 1.165) is 16.3 Å². The maximum atomic E-state index is 12.6. The Hall–Kier alpha value is -3.74. The van der Waals surface area contributed by atoms with Crippen LogP contribution in [0.3, 0.4) is 0 Å². The van der Waals surface area contributed by atoms with Crippen molar-refractivity contribution in [3.63, 3.8) is 0 Å². The molecule has 0 saturated carbocycles. The molecule has 5 rings (SSSR count). The van der Waals surface area contributed by atoms with Gasteiger partial charge in [-0.25, -0.2) is 9.67 Å². The number of rotatable bonds is 2. The molecule has 1 aliphatic heterocycles. The number of pyridine rings is 1. The van der Waals surface area contributed by atoms with Crippen molar-refractivity contribution in [1.82, 2.24) is 25.1 Å². The molecule has 126 valence electrons. The summed E-state index contributed by atoms with van der Waals surface area (Å²) in [6.07, 6.45) is 3.42. The van der Waals surface area contributed by atoms with Crippen LogP contribution in [-0.4, -0.2) is 31.6 Å². The Morgan fingerprint density at radius 2 is 1.73 bits per heavy atom. The number of benzene rings is 1. The summed E-state index contributed by atoms with van der Waals surface area (Å²) in [7, 11) is 1.76. The van der Waals surface area contributed by atoms with Gasteiger partial charge in [0.1, 0.15) is 5.69 Å². The summed E-state index contributed by atoms with van der Waals surface area (Å²) in [5.74, 6) is -0.864. The number of nitrogens with zero attached hydrogens (tertiary/aromatic N) is 3. The van der Waals surface area contributed by atoms with E-state index in [1.807, 2.05) is 30.3 Å². The van der Waals surface area contributed by atoms with Crippen LogP contribution in [0.5, 0.6) is 0 Å². The molecule has 0 saturated heterocycles. The largest absolute Gasteiger partial charge is 0.361 e. The first-order valence-corrected chi connectivity index (χ1v) is 8.09. The molecule has 2 N–H and O–H groups in total. The van der Waals surface area contributed by atoms with Gasteiger partial charge in [0.2, 0.25) is 0 Å². The molecule has 0 unspecified atom stereocenters. The monoisotopic (exact) mass is 343 g/mol. The summed E-state index contributed by atoms with van der Waals surface area (Å²) in [6, 6.07) is 11.3. The number of aromatic nitrogens is 4. The predicted octanol–water partition coefficient (Wildman–Crippen LogP) is 2.02. The van der Waals surface area contributed by atoms with E-state index in [2.05, 4.69) is 20.4 Å². The number of imide groups is 1. The molecule has 7 nitrogen and oxygen atoms in total. The number of para-hydroxylation sites is 1. The maximum absolute atomic E-state index is 12.6. The highest BCUT2D eigenvalue weighted by molar-refractivity contribution is 6.50. The summed E-state index contributed by atoms with van der Waals surface area (Å²) in [5, 5.41) is 8.48. The predicted molar refractivity (Wildman–Crippen MR) is 96.8 cm³/mol. The molecule has 2 amide bonds. The fraction of sp³-hybridized carbons (Fsp3) is 0.0526. The lowest BCUT2D eigenvalue weighted by molar-refractivity contribution is -0.122. The molecule has 0 aliphatic carbocycles. The zero-order valence-corrected chi connectivity index (χ0v) is 13.8. The minimum absolute atomic E-state index is 0.276. The average molecular weight is 343 g/mol. The molecule has 7 heteroatoms. The summed E-state index contributed by atoms with van der Waals surface area (Å²) in [6.45, 7) is 0. The highest BCUT2D eigenvalue weighted by atomic mass is 16.2. The number of fused-ring (bicyclic) bond motifs is 2. The smallest absolute Gasteiger partial charge is 0.261 e. The third-order valence-electron chi connectivity index (χ3n) is 4.62. The van der Waals surface area contributed by atoms with Crippen LogP contribution < -0.4 is 5.32 Å². The summed E-state index contributed by atoms with van der Waals surface area (Å²) in [4.78, 5) is 32.7. The van der Waals surface area contributed by atoms with Gasteiger partial charge in [0.25, 0.3) is 11.8 Å². The highest BCUT2D eigenvalue weighted by Crippen LogP contribution is 2.36. The lowest BCUT2D eigenvalue weighted by Gasteiger charge is -2.01. The first-order valence-electron chi connectivity index (χ1n) is 8.09. The number of hydrogen-bond donors (Lipinski definition) is 2. The number of aromatic amines is 1. The average Bonchev–Trinajstić information content (AvgIpc) is 3.29. The molecular formula is C19H13N5O2. The normalized spacial score (nSPS) is 14.7. The maximum Gasteiger partial charge on any atom is 0.261 e. The van der Waals surface area contributed by atoms with Crippen molar-refractivity contribution in [2.75, 3.05) is 0 Å². The number of H-pyrrole nitrogens is 1. The fourth-order valence-electron chi connectivity index (χ4n) is 3.49. The van der Waals surface area contributed by atoms with Crippen LogP contribution in [-0.2, 0) is 16.6 Å². The van der Waals surface area contributed by atoms with E-state index in [1.54, 1.807) is 30.2 Å². The standard InChI is InChI=1S/C19H13N5O2/c1-24-17-11(6-4-8-20-17)16(23-24)15-14(18(25)22-19(15)26)12-9-21-13-7-3-2-5-10(12)13/h2-9,21H,1H3,(H,22,25,26). The minimum atomic E-state index is -0.445. The van der Waals surface area contributed by atoms with Crippen LogP contribution in [0, 0.1) is 0 Å². The summed E-state index contributed by atoms with van der Waals surface area (Å²) >= 11 is 0. The molecule has 3 aromatic heterocycles. The second-order valence-corrected chi connectivity index (χ2v) is 6.13. The molecule has 0 bridgehead atoms. The Balaban J connectivity index is 1.87. The van der Waals surface area contributed by atoms with Crippen molar-refractivity contribution in [3.05, 3.63) is 60.0 Å². The fourth-order valence-corrected chi connectivity index (χ4v) is 3.49. The number of carbonyl (C=O) groups is 2. The van der Waals surface area contributed by atoms with Crippen molar-refractivity contribution in [2.24, 2.45) is 7.05 Å². The van der Waals surface area contributed by atoms with Crippen LogP contribution in [0.1, 0.15) is 11.3 Å². The first-order chi connectivity index (χ1) is 12.6. The van der Waals surface area contributed by atoms with E-state index in [-0.39, 0.29) is 5.57 Å². The Kier molecular flexibility index (Phi) is 2.88. The zero-order valence-electron chi connectivity index (χ0n) is 13.8. The van der Waals surface area contributed by atoms with Gasteiger partial charge in [0.15, 0.2) is 5.65 Å². The van der Waals surface area contributed by atoms with Crippen LogP contribution in [0.2, 0.25) is 0 Å². The molecule has 0 atom stereocenters. The third kappa shape index (κ3) is 1.88. The van der Waals surface area contributed by atoms with Gasteiger partial charge in [-0.15, -0.1) is 0 Å². The van der Waals surface area contributed by atoms with Crippen LogP contribution in [0.25, 0.3) is 33.1 Å². The first kappa shape index (κ1) is 14.6. The molecule has 0 spiro atoms. The Morgan fingerprint density at radius 1 is 0.962 bits per heavy atom. The number of aryl methyl sites for hydroxylation is 1. The highest BCUT2D eigenvalue weighted by Gasteiger charge is 2.35. The van der Waals surface area contributed by atoms with Gasteiger partial charge in [-0.2, -0.15) is 5.10 Å². The molecule has 0 fully saturated rings. The van der Waals surface area contributed by atoms with Crippen molar-refractivity contribution in [2.45, 2.75) is 0 Å². The van der Waals surface area contributed by atoms with Crippen LogP contribution >= 0.6 is 0 Å². The van der Waals surface area contributed by atoms with Gasteiger partial charge >= 0.3 is 0 Å². The number of nitrogens with one attached hydrogen (secondary N) is 2. The Labute approximate surface area is 147 Å². The SMILES string of the molecule is Cn1nc(C2=C(c3c[nH]c4ccccc34)C(=O)NC2=O)c2cccnc21. The summed E-state index contributed by atoms with van der Waals surface area (Å²) < 4.78 is 1.61. The van der Waals surface area contributed by atoms with E-state index in [4.69, 9.17) is 0 Å². The van der Waals surface area contributed by atoms with E-state index in [0.29, 0.717) is 22.5 Å². The van der Waals surface area contributed by atoms with Gasteiger partial charge in [-0.3, -0.25) is 14.9 Å². The Bertz CT molecular complexity index is 1260. The lowest BCUT2D eigenvalue weighted by Crippen LogP contribution is -2.22. The van der Waals surface area contributed by atoms with Crippen molar-refractivity contribution in [1.29, 1.82) is 0 Å². The number of carbonyl (C=O) groups excluding carboxylic acids is 2. The van der Waals surface area contributed by atoms with Gasteiger partial charge in [0, 0.05) is 41.3 Å². The summed E-state index contributed by atoms with van der Waals surface area (Å²) in [5.41, 5.74) is 3.30. The topological polar surface area (TPSA) is 92.7 Å². The molecule has 4 heterocycles. The van der Waals surface area contributed by atoms with Gasteiger partial charge in [-0.05, 0) is 18.2 Å². The molecule has 26 heavy (non-hydrogen) atoms. The second kappa shape index (κ2) is 5.13. The third-order valence-corrected chi connectivity index (χ3v) is 4.62. The van der Waals surface area contributed by atoms with Crippen molar-refractivity contribution >= 4 is 44.9 Å². The molecule has 4 aromatic rings. The van der Waals surface area contributed by atoms with E-state index in [9.17, 15) is 9.59 Å². The Morgan fingerprint density at radius 3 is 2.62 bits per heavy atom. The van der Waals surface area contributed by atoms with Crippen molar-refractivity contribution in [3.8, 4) is 0 Å². The molecule has 1 aromatic carbocycles. The van der Waals surface area contributed by atoms with Gasteiger partial charge in [0.05, 0.1) is 11.1 Å². The second-order valence-electron chi connectivity index (χ2n) is 6.13. The zero-order chi connectivity index (χ0) is 17.8. The van der Waals surface area contributed by atoms with E-state index in [1.165, 1.54) is 0 Å².